The van der Waals surface area contributed by atoms with Crippen LogP contribution in [-0.4, -0.2) is 31.4 Å². The summed E-state index contributed by atoms with van der Waals surface area (Å²) in [6, 6.07) is 8.32. The first-order valence-electron chi connectivity index (χ1n) is 9.40. The summed E-state index contributed by atoms with van der Waals surface area (Å²) in [6.07, 6.45) is -10.9. The molecular formula is C21H18F6N2O3. The molecule has 0 bridgehead atoms. The number of carbonyl (C=O) groups is 1. The summed E-state index contributed by atoms with van der Waals surface area (Å²) in [5.74, 6) is 0.116. The summed E-state index contributed by atoms with van der Waals surface area (Å²) in [5.41, 5.74) is -2.56. The maximum atomic E-state index is 13.0. The molecule has 2 aromatic carbocycles. The van der Waals surface area contributed by atoms with Gasteiger partial charge in [0.15, 0.2) is 0 Å². The monoisotopic (exact) mass is 460 g/mol. The van der Waals surface area contributed by atoms with Crippen LogP contribution in [-0.2, 0) is 28.4 Å². The first kappa shape index (κ1) is 23.4. The van der Waals surface area contributed by atoms with Gasteiger partial charge in [-0.1, -0.05) is 17.3 Å². The number of hydrogen-bond donors (Lipinski definition) is 1. The zero-order valence-corrected chi connectivity index (χ0v) is 16.7. The van der Waals surface area contributed by atoms with Gasteiger partial charge in [0.05, 0.1) is 23.9 Å². The number of oxime groups is 1. The Labute approximate surface area is 179 Å². The minimum absolute atomic E-state index is 0.0310. The predicted molar refractivity (Wildman–Crippen MR) is 102 cm³/mol. The number of carbonyl (C=O) groups excluding carboxylic acids is 1. The van der Waals surface area contributed by atoms with Crippen LogP contribution in [0.5, 0.6) is 5.75 Å². The third kappa shape index (κ3) is 5.71. The first-order valence-corrected chi connectivity index (χ1v) is 9.40. The molecule has 0 saturated carbocycles. The fourth-order valence-electron chi connectivity index (χ4n) is 3.05. The van der Waals surface area contributed by atoms with Gasteiger partial charge in [-0.2, -0.15) is 26.3 Å². The SMILES string of the molecule is COc1ccc(CCNC(=O)C2CC(c3cc(C(F)(F)F)cc(C(F)(F)F)c3)=NO2)cc1. The number of nitrogens with one attached hydrogen (secondary N) is 1. The highest BCUT2D eigenvalue weighted by atomic mass is 19.4. The minimum atomic E-state index is -4.98. The number of halogens is 6. The van der Waals surface area contributed by atoms with E-state index in [2.05, 4.69) is 10.5 Å². The molecule has 2 aromatic rings. The molecule has 0 aromatic heterocycles. The van der Waals surface area contributed by atoms with Gasteiger partial charge in [0, 0.05) is 18.5 Å². The molecule has 1 amide bonds. The maximum absolute atomic E-state index is 13.0. The molecule has 172 valence electrons. The topological polar surface area (TPSA) is 59.9 Å². The van der Waals surface area contributed by atoms with Gasteiger partial charge in [-0.15, -0.1) is 0 Å². The molecule has 32 heavy (non-hydrogen) atoms. The molecule has 1 aliphatic rings. The summed E-state index contributed by atoms with van der Waals surface area (Å²) < 4.78 is 83.3. The second kappa shape index (κ2) is 9.09. The Kier molecular flexibility index (Phi) is 6.65. The van der Waals surface area contributed by atoms with Crippen molar-refractivity contribution < 1.29 is 40.7 Å². The lowest BCUT2D eigenvalue weighted by molar-refractivity contribution is -0.143. The number of rotatable bonds is 6. The fourth-order valence-corrected chi connectivity index (χ4v) is 3.05. The van der Waals surface area contributed by atoms with Crippen LogP contribution in [0.2, 0.25) is 0 Å². The lowest BCUT2D eigenvalue weighted by Gasteiger charge is -2.14. The van der Waals surface area contributed by atoms with Crippen molar-refractivity contribution in [1.82, 2.24) is 5.32 Å². The quantitative estimate of drug-likeness (QED) is 0.642. The molecule has 1 heterocycles. The molecule has 0 radical (unpaired) electrons. The largest absolute Gasteiger partial charge is 0.497 e. The Balaban J connectivity index is 1.63. The van der Waals surface area contributed by atoms with Crippen LogP contribution in [0.3, 0.4) is 0 Å². The summed E-state index contributed by atoms with van der Waals surface area (Å²) in [7, 11) is 1.54. The van der Waals surface area contributed by atoms with Crippen molar-refractivity contribution in [3.63, 3.8) is 0 Å². The van der Waals surface area contributed by atoms with Gasteiger partial charge in [-0.3, -0.25) is 4.79 Å². The second-order valence-corrected chi connectivity index (χ2v) is 7.02. The molecule has 0 fully saturated rings. The molecule has 0 aliphatic carbocycles. The van der Waals surface area contributed by atoms with Crippen LogP contribution < -0.4 is 10.1 Å². The Morgan fingerprint density at radius 3 is 2.19 bits per heavy atom. The van der Waals surface area contributed by atoms with Crippen LogP contribution in [0.1, 0.15) is 28.7 Å². The van der Waals surface area contributed by atoms with E-state index < -0.39 is 41.1 Å². The number of nitrogens with zero attached hydrogens (tertiary/aromatic N) is 1. The van der Waals surface area contributed by atoms with Crippen LogP contribution >= 0.6 is 0 Å². The number of alkyl halides is 6. The second-order valence-electron chi connectivity index (χ2n) is 7.02. The smallest absolute Gasteiger partial charge is 0.416 e. The van der Waals surface area contributed by atoms with E-state index in [1.165, 1.54) is 7.11 Å². The van der Waals surface area contributed by atoms with Gasteiger partial charge >= 0.3 is 12.4 Å². The zero-order valence-electron chi connectivity index (χ0n) is 16.7. The van der Waals surface area contributed by atoms with E-state index in [4.69, 9.17) is 9.57 Å². The average Bonchev–Trinajstić information content (AvgIpc) is 3.23. The van der Waals surface area contributed by atoms with E-state index in [0.29, 0.717) is 24.3 Å². The van der Waals surface area contributed by atoms with Gasteiger partial charge < -0.3 is 14.9 Å². The number of amides is 1. The third-order valence-electron chi connectivity index (χ3n) is 4.75. The van der Waals surface area contributed by atoms with Crippen LogP contribution in [0.4, 0.5) is 26.3 Å². The highest BCUT2D eigenvalue weighted by Gasteiger charge is 2.38. The van der Waals surface area contributed by atoms with Crippen molar-refractivity contribution >= 4 is 11.6 Å². The summed E-state index contributed by atoms with van der Waals surface area (Å²) >= 11 is 0. The molecule has 1 N–H and O–H groups in total. The Morgan fingerprint density at radius 2 is 1.66 bits per heavy atom. The standard InChI is InChI=1S/C21H18F6N2O3/c1-31-16-4-2-12(3-5-16)6-7-28-19(30)18-11-17(29-32-18)13-8-14(20(22,23)24)10-15(9-13)21(25,26)27/h2-5,8-10,18H,6-7,11H2,1H3,(H,28,30). The van der Waals surface area contributed by atoms with Crippen molar-refractivity contribution in [2.75, 3.05) is 13.7 Å². The lowest BCUT2D eigenvalue weighted by atomic mass is 9.98. The molecule has 3 rings (SSSR count). The lowest BCUT2D eigenvalue weighted by Crippen LogP contribution is -2.36. The Bertz CT molecular complexity index is 968. The van der Waals surface area contributed by atoms with E-state index >= 15 is 0 Å². The summed E-state index contributed by atoms with van der Waals surface area (Å²) in [4.78, 5) is 17.2. The normalized spacial score (nSPS) is 16.3. The van der Waals surface area contributed by atoms with Crippen LogP contribution in [0.15, 0.2) is 47.6 Å². The van der Waals surface area contributed by atoms with Crippen molar-refractivity contribution in [3.8, 4) is 5.75 Å². The number of hydrogen-bond acceptors (Lipinski definition) is 4. The minimum Gasteiger partial charge on any atom is -0.497 e. The molecule has 1 atom stereocenters. The molecule has 5 nitrogen and oxygen atoms in total. The van der Waals surface area contributed by atoms with Gasteiger partial charge in [-0.05, 0) is 42.3 Å². The number of ether oxygens (including phenoxy) is 1. The van der Waals surface area contributed by atoms with Crippen molar-refractivity contribution in [2.45, 2.75) is 31.3 Å². The van der Waals surface area contributed by atoms with E-state index in [1.807, 2.05) is 12.1 Å². The number of methoxy groups -OCH3 is 1. The highest BCUT2D eigenvalue weighted by Crippen LogP contribution is 2.37. The summed E-state index contributed by atoms with van der Waals surface area (Å²) in [5, 5.41) is 6.16. The number of benzene rings is 2. The maximum Gasteiger partial charge on any atom is 0.416 e. The van der Waals surface area contributed by atoms with E-state index in [-0.39, 0.29) is 24.7 Å². The molecule has 0 spiro atoms. The van der Waals surface area contributed by atoms with Crippen molar-refractivity contribution in [2.24, 2.45) is 5.16 Å². The van der Waals surface area contributed by atoms with E-state index in [9.17, 15) is 31.1 Å². The molecule has 0 saturated heterocycles. The molecule has 11 heteroatoms. The third-order valence-corrected chi connectivity index (χ3v) is 4.75. The zero-order chi connectivity index (χ0) is 23.5. The van der Waals surface area contributed by atoms with Crippen molar-refractivity contribution in [1.29, 1.82) is 0 Å². The molecular weight excluding hydrogens is 442 g/mol. The fraction of sp³-hybridized carbons (Fsp3) is 0.333. The highest BCUT2D eigenvalue weighted by molar-refractivity contribution is 6.04. The van der Waals surface area contributed by atoms with E-state index in [1.54, 1.807) is 12.1 Å². The van der Waals surface area contributed by atoms with Gasteiger partial charge in [-0.25, -0.2) is 0 Å². The Hall–Kier alpha value is -3.24. The summed E-state index contributed by atoms with van der Waals surface area (Å²) in [6.45, 7) is 0.252. The average molecular weight is 460 g/mol. The van der Waals surface area contributed by atoms with Crippen LogP contribution in [0, 0.1) is 0 Å². The van der Waals surface area contributed by atoms with Gasteiger partial charge in [0.2, 0.25) is 6.10 Å². The Morgan fingerprint density at radius 1 is 1.06 bits per heavy atom. The predicted octanol–water partition coefficient (Wildman–Crippen LogP) is 4.58. The molecule has 1 unspecified atom stereocenters. The van der Waals surface area contributed by atoms with E-state index in [0.717, 1.165) is 5.56 Å². The van der Waals surface area contributed by atoms with Gasteiger partial charge in [0.1, 0.15) is 5.75 Å². The van der Waals surface area contributed by atoms with Crippen molar-refractivity contribution in [3.05, 3.63) is 64.7 Å². The molecule has 1 aliphatic heterocycles. The van der Waals surface area contributed by atoms with Gasteiger partial charge in [0.25, 0.3) is 5.91 Å². The first-order chi connectivity index (χ1) is 15.0. The van der Waals surface area contributed by atoms with Crippen LogP contribution in [0.25, 0.3) is 0 Å².